The van der Waals surface area contributed by atoms with Gasteiger partial charge in [0, 0.05) is 55.4 Å². The lowest BCUT2D eigenvalue weighted by molar-refractivity contribution is -0.134. The summed E-state index contributed by atoms with van der Waals surface area (Å²) in [5.74, 6) is 0.247. The molecule has 1 aliphatic rings. The Balaban J connectivity index is 1.45. The van der Waals surface area contributed by atoms with Gasteiger partial charge in [0.05, 0.1) is 19.0 Å². The quantitative estimate of drug-likeness (QED) is 0.433. The molecule has 2 aromatic heterocycles. The van der Waals surface area contributed by atoms with Crippen LogP contribution in [-0.2, 0) is 22.5 Å². The predicted octanol–water partition coefficient (Wildman–Crippen LogP) is 4.06. The molecule has 0 radical (unpaired) electrons. The number of rotatable bonds is 7. The van der Waals surface area contributed by atoms with E-state index < -0.39 is 0 Å². The molecule has 172 valence electrons. The van der Waals surface area contributed by atoms with Crippen LogP contribution in [0.1, 0.15) is 36.6 Å². The zero-order valence-electron chi connectivity index (χ0n) is 19.6. The molecule has 0 fully saturated rings. The van der Waals surface area contributed by atoms with Crippen LogP contribution in [0, 0.1) is 6.92 Å². The van der Waals surface area contributed by atoms with E-state index in [0.717, 1.165) is 48.6 Å². The molecular formula is C25H30N6O2. The fourth-order valence-corrected chi connectivity index (χ4v) is 3.88. The van der Waals surface area contributed by atoms with E-state index in [0.29, 0.717) is 12.0 Å². The van der Waals surface area contributed by atoms with Gasteiger partial charge < -0.3 is 10.1 Å². The molecule has 0 spiro atoms. The highest BCUT2D eigenvalue weighted by Gasteiger charge is 2.16. The van der Waals surface area contributed by atoms with Crippen LogP contribution < -0.4 is 5.32 Å². The third kappa shape index (κ3) is 5.46. The Hall–Kier alpha value is -3.52. The number of hydrogen-bond donors (Lipinski definition) is 1. The summed E-state index contributed by atoms with van der Waals surface area (Å²) in [5, 5.41) is 7.80. The molecule has 0 saturated carbocycles. The topological polar surface area (TPSA) is 85.2 Å². The van der Waals surface area contributed by atoms with Crippen LogP contribution in [0.25, 0.3) is 11.3 Å². The van der Waals surface area contributed by atoms with Gasteiger partial charge >= 0.3 is 5.97 Å². The van der Waals surface area contributed by atoms with Crippen LogP contribution in [0.2, 0.25) is 0 Å². The summed E-state index contributed by atoms with van der Waals surface area (Å²) < 4.78 is 6.57. The second kappa shape index (κ2) is 9.95. The van der Waals surface area contributed by atoms with Crippen molar-refractivity contribution >= 4 is 17.6 Å². The number of carbonyl (C=O) groups is 1. The Morgan fingerprint density at radius 1 is 1.27 bits per heavy atom. The lowest BCUT2D eigenvalue weighted by atomic mass is 9.99. The molecule has 8 heteroatoms. The summed E-state index contributed by atoms with van der Waals surface area (Å²) in [5.41, 5.74) is 6.46. The molecule has 0 atom stereocenters. The summed E-state index contributed by atoms with van der Waals surface area (Å²) in [6.07, 6.45) is 10.00. The number of nitrogens with zero attached hydrogens (tertiary/aromatic N) is 5. The summed E-state index contributed by atoms with van der Waals surface area (Å²) in [7, 11) is 1.39. The van der Waals surface area contributed by atoms with Crippen molar-refractivity contribution in [2.45, 2.75) is 39.8 Å². The van der Waals surface area contributed by atoms with Crippen LogP contribution in [-0.4, -0.2) is 50.8 Å². The monoisotopic (exact) mass is 446 g/mol. The second-order valence-corrected chi connectivity index (χ2v) is 8.55. The Kier molecular flexibility index (Phi) is 6.84. The fourth-order valence-electron chi connectivity index (χ4n) is 3.88. The van der Waals surface area contributed by atoms with Gasteiger partial charge in [-0.3, -0.25) is 9.58 Å². The van der Waals surface area contributed by atoms with Crippen molar-refractivity contribution < 1.29 is 9.53 Å². The first-order valence-electron chi connectivity index (χ1n) is 11.2. The van der Waals surface area contributed by atoms with E-state index in [9.17, 15) is 4.79 Å². The average molecular weight is 447 g/mol. The first kappa shape index (κ1) is 22.7. The minimum Gasteiger partial charge on any atom is -0.466 e. The lowest BCUT2D eigenvalue weighted by Crippen LogP contribution is -2.30. The maximum absolute atomic E-state index is 11.2. The van der Waals surface area contributed by atoms with Gasteiger partial charge in [-0.2, -0.15) is 5.10 Å². The summed E-state index contributed by atoms with van der Waals surface area (Å²) in [6, 6.07) is 6.69. The SMILES string of the molecule is COC(=O)/C=C/CN1CCc2cc(Nc3ncc(C)c(-c4cnn(C(C)C)c4)n3)ccc2C1. The summed E-state index contributed by atoms with van der Waals surface area (Å²) in [6.45, 7) is 8.73. The van der Waals surface area contributed by atoms with Gasteiger partial charge in [-0.1, -0.05) is 12.1 Å². The van der Waals surface area contributed by atoms with Crippen molar-refractivity contribution in [2.24, 2.45) is 0 Å². The Labute approximate surface area is 194 Å². The van der Waals surface area contributed by atoms with E-state index in [2.05, 4.69) is 57.1 Å². The smallest absolute Gasteiger partial charge is 0.330 e. The normalized spacial score (nSPS) is 14.0. The lowest BCUT2D eigenvalue weighted by Gasteiger charge is -2.28. The molecule has 1 aliphatic heterocycles. The van der Waals surface area contributed by atoms with Crippen LogP contribution in [0.4, 0.5) is 11.6 Å². The molecule has 4 rings (SSSR count). The largest absolute Gasteiger partial charge is 0.466 e. The van der Waals surface area contributed by atoms with Crippen molar-refractivity contribution in [1.29, 1.82) is 0 Å². The molecule has 3 heterocycles. The van der Waals surface area contributed by atoms with Crippen LogP contribution >= 0.6 is 0 Å². The number of fused-ring (bicyclic) bond motifs is 1. The van der Waals surface area contributed by atoms with Crippen molar-refractivity contribution in [2.75, 3.05) is 25.5 Å². The van der Waals surface area contributed by atoms with Gasteiger partial charge in [-0.15, -0.1) is 0 Å². The minimum atomic E-state index is -0.321. The van der Waals surface area contributed by atoms with Gasteiger partial charge in [0.1, 0.15) is 0 Å². The number of aryl methyl sites for hydroxylation is 1. The third-order valence-electron chi connectivity index (χ3n) is 5.75. The van der Waals surface area contributed by atoms with E-state index in [1.165, 1.54) is 24.3 Å². The maximum atomic E-state index is 11.2. The molecule has 1 N–H and O–H groups in total. The molecular weight excluding hydrogens is 416 g/mol. The zero-order chi connectivity index (χ0) is 23.4. The standard InChI is InChI=1S/C25H30N6O2/c1-17(2)31-16-21(14-27-31)24-18(3)13-26-25(29-24)28-22-8-7-20-15-30(11-9-19(20)12-22)10-5-6-23(32)33-4/h5-8,12-14,16-17H,9-11,15H2,1-4H3,(H,26,28,29)/b6-5+. The number of aromatic nitrogens is 4. The van der Waals surface area contributed by atoms with Gasteiger partial charge in [0.2, 0.25) is 5.95 Å². The van der Waals surface area contributed by atoms with Crippen LogP contribution in [0.5, 0.6) is 0 Å². The highest BCUT2D eigenvalue weighted by molar-refractivity contribution is 5.81. The number of anilines is 2. The molecule has 33 heavy (non-hydrogen) atoms. The number of hydrogen-bond acceptors (Lipinski definition) is 7. The molecule has 0 bridgehead atoms. The van der Waals surface area contributed by atoms with Crippen molar-refractivity contribution in [3.63, 3.8) is 0 Å². The van der Waals surface area contributed by atoms with E-state index in [-0.39, 0.29) is 5.97 Å². The van der Waals surface area contributed by atoms with Crippen molar-refractivity contribution in [3.8, 4) is 11.3 Å². The molecule has 0 unspecified atom stereocenters. The third-order valence-corrected chi connectivity index (χ3v) is 5.75. The number of methoxy groups -OCH3 is 1. The summed E-state index contributed by atoms with van der Waals surface area (Å²) >= 11 is 0. The zero-order valence-corrected chi connectivity index (χ0v) is 19.6. The van der Waals surface area contributed by atoms with Crippen LogP contribution in [0.3, 0.4) is 0 Å². The number of esters is 1. The second-order valence-electron chi connectivity index (χ2n) is 8.55. The minimum absolute atomic E-state index is 0.300. The van der Waals surface area contributed by atoms with Crippen molar-refractivity contribution in [3.05, 3.63) is 65.6 Å². The molecule has 0 aliphatic carbocycles. The first-order valence-corrected chi connectivity index (χ1v) is 11.2. The number of benzene rings is 1. The van der Waals surface area contributed by atoms with Gasteiger partial charge in [0.25, 0.3) is 0 Å². The van der Waals surface area contributed by atoms with E-state index in [1.54, 1.807) is 0 Å². The highest BCUT2D eigenvalue weighted by atomic mass is 16.5. The molecule has 0 saturated heterocycles. The fraction of sp³-hybridized carbons (Fsp3) is 0.360. The van der Waals surface area contributed by atoms with Gasteiger partial charge in [-0.25, -0.2) is 14.8 Å². The Morgan fingerprint density at radius 3 is 2.88 bits per heavy atom. The maximum Gasteiger partial charge on any atom is 0.330 e. The average Bonchev–Trinajstić information content (AvgIpc) is 3.31. The van der Waals surface area contributed by atoms with E-state index in [4.69, 9.17) is 4.98 Å². The highest BCUT2D eigenvalue weighted by Crippen LogP contribution is 2.26. The predicted molar refractivity (Wildman–Crippen MR) is 128 cm³/mol. The summed E-state index contributed by atoms with van der Waals surface area (Å²) in [4.78, 5) is 22.8. The number of carbonyl (C=O) groups excluding carboxylic acids is 1. The van der Waals surface area contributed by atoms with E-state index in [1.807, 2.05) is 36.3 Å². The molecule has 1 aromatic carbocycles. The Morgan fingerprint density at radius 2 is 2.12 bits per heavy atom. The van der Waals surface area contributed by atoms with Crippen LogP contribution in [0.15, 0.2) is 48.9 Å². The number of nitrogens with one attached hydrogen (secondary N) is 1. The molecule has 8 nitrogen and oxygen atoms in total. The van der Waals surface area contributed by atoms with Crippen molar-refractivity contribution in [1.82, 2.24) is 24.6 Å². The first-order chi connectivity index (χ1) is 15.9. The van der Waals surface area contributed by atoms with Gasteiger partial charge in [-0.05, 0) is 56.0 Å². The molecule has 3 aromatic rings. The number of ether oxygens (including phenoxy) is 1. The van der Waals surface area contributed by atoms with Gasteiger partial charge in [0.15, 0.2) is 0 Å². The molecule has 0 amide bonds. The van der Waals surface area contributed by atoms with E-state index >= 15 is 0 Å². The Bertz CT molecular complexity index is 1170.